The number of aromatic nitrogens is 1. The lowest BCUT2D eigenvalue weighted by molar-refractivity contribution is 0.0622. The van der Waals surface area contributed by atoms with Gasteiger partial charge in [-0.2, -0.15) is 0 Å². The van der Waals surface area contributed by atoms with Crippen molar-refractivity contribution in [1.29, 1.82) is 0 Å². The fourth-order valence-corrected chi connectivity index (χ4v) is 2.46. The summed E-state index contributed by atoms with van der Waals surface area (Å²) in [7, 11) is 0. The average Bonchev–Trinajstić information content (AvgIpc) is 2.40. The Morgan fingerprint density at radius 3 is 2.94 bits per heavy atom. The summed E-state index contributed by atoms with van der Waals surface area (Å²) in [4.78, 5) is 4.55. The molecule has 5 heteroatoms. The van der Waals surface area contributed by atoms with Crippen LogP contribution in [0.25, 0.3) is 0 Å². The second-order valence-corrected chi connectivity index (χ2v) is 5.09. The first-order valence-corrected chi connectivity index (χ1v) is 6.68. The Balaban J connectivity index is 2.06. The van der Waals surface area contributed by atoms with Crippen molar-refractivity contribution in [1.82, 2.24) is 4.98 Å². The SMILES string of the molecule is CC(Nc1cccnc1C(N)=S)C1CCOCC1. The first-order valence-electron chi connectivity index (χ1n) is 6.27. The van der Waals surface area contributed by atoms with E-state index in [1.54, 1.807) is 6.20 Å². The smallest absolute Gasteiger partial charge is 0.124 e. The molecule has 2 heterocycles. The average molecular weight is 265 g/mol. The number of anilines is 1. The molecular formula is C13H19N3OS. The zero-order valence-electron chi connectivity index (χ0n) is 10.6. The predicted molar refractivity (Wildman–Crippen MR) is 76.8 cm³/mol. The van der Waals surface area contributed by atoms with Crippen molar-refractivity contribution >= 4 is 22.9 Å². The molecule has 0 aromatic carbocycles. The van der Waals surface area contributed by atoms with Crippen molar-refractivity contribution in [3.63, 3.8) is 0 Å². The van der Waals surface area contributed by atoms with Crippen molar-refractivity contribution in [2.75, 3.05) is 18.5 Å². The number of rotatable bonds is 4. The van der Waals surface area contributed by atoms with E-state index in [1.165, 1.54) is 0 Å². The molecule has 1 atom stereocenters. The van der Waals surface area contributed by atoms with E-state index < -0.39 is 0 Å². The molecule has 0 bridgehead atoms. The lowest BCUT2D eigenvalue weighted by Crippen LogP contribution is -2.31. The second kappa shape index (κ2) is 6.11. The molecular weight excluding hydrogens is 246 g/mol. The van der Waals surface area contributed by atoms with Gasteiger partial charge in [0.25, 0.3) is 0 Å². The monoisotopic (exact) mass is 265 g/mol. The van der Waals surface area contributed by atoms with Crippen LogP contribution in [-0.2, 0) is 4.74 Å². The number of thiocarbonyl (C=S) groups is 1. The summed E-state index contributed by atoms with van der Waals surface area (Å²) in [5.74, 6) is 0.623. The summed E-state index contributed by atoms with van der Waals surface area (Å²) in [6, 6.07) is 4.23. The zero-order chi connectivity index (χ0) is 13.0. The van der Waals surface area contributed by atoms with Gasteiger partial charge in [-0.25, -0.2) is 0 Å². The quantitative estimate of drug-likeness (QED) is 0.815. The Kier molecular flexibility index (Phi) is 4.49. The van der Waals surface area contributed by atoms with E-state index in [1.807, 2.05) is 12.1 Å². The largest absolute Gasteiger partial charge is 0.388 e. The third-order valence-corrected chi connectivity index (χ3v) is 3.59. The first kappa shape index (κ1) is 13.2. The topological polar surface area (TPSA) is 60.2 Å². The van der Waals surface area contributed by atoms with Crippen LogP contribution in [0.5, 0.6) is 0 Å². The van der Waals surface area contributed by atoms with Gasteiger partial charge in [0.2, 0.25) is 0 Å². The molecule has 1 aliphatic rings. The maximum atomic E-state index is 5.68. The van der Waals surface area contributed by atoms with Gasteiger partial charge in [0.05, 0.1) is 5.69 Å². The van der Waals surface area contributed by atoms with Gasteiger partial charge in [-0.05, 0) is 37.8 Å². The minimum Gasteiger partial charge on any atom is -0.388 e. The van der Waals surface area contributed by atoms with E-state index in [2.05, 4.69) is 17.2 Å². The molecule has 0 spiro atoms. The molecule has 0 radical (unpaired) electrons. The normalized spacial score (nSPS) is 18.3. The standard InChI is InChI=1S/C13H19N3OS/c1-9(10-4-7-17-8-5-10)16-11-3-2-6-15-12(11)13(14)18/h2-3,6,9-10,16H,4-5,7-8H2,1H3,(H2,14,18). The second-order valence-electron chi connectivity index (χ2n) is 4.65. The van der Waals surface area contributed by atoms with E-state index in [4.69, 9.17) is 22.7 Å². The highest BCUT2D eigenvalue weighted by molar-refractivity contribution is 7.80. The number of hydrogen-bond acceptors (Lipinski definition) is 4. The Bertz CT molecular complexity index is 418. The van der Waals surface area contributed by atoms with Gasteiger partial charge in [0.15, 0.2) is 0 Å². The lowest BCUT2D eigenvalue weighted by atomic mass is 9.93. The highest BCUT2D eigenvalue weighted by Crippen LogP contribution is 2.22. The maximum Gasteiger partial charge on any atom is 0.124 e. The number of nitrogens with one attached hydrogen (secondary N) is 1. The van der Waals surface area contributed by atoms with Crippen molar-refractivity contribution < 1.29 is 4.74 Å². The third-order valence-electron chi connectivity index (χ3n) is 3.40. The molecule has 2 rings (SSSR count). The number of hydrogen-bond donors (Lipinski definition) is 2. The molecule has 0 aliphatic carbocycles. The third kappa shape index (κ3) is 3.17. The van der Waals surface area contributed by atoms with Crippen LogP contribution in [0.15, 0.2) is 18.3 Å². The molecule has 3 N–H and O–H groups in total. The summed E-state index contributed by atoms with van der Waals surface area (Å²) in [5.41, 5.74) is 7.27. The van der Waals surface area contributed by atoms with Crippen LogP contribution < -0.4 is 11.1 Å². The molecule has 18 heavy (non-hydrogen) atoms. The predicted octanol–water partition coefficient (Wildman–Crippen LogP) is 1.94. The fourth-order valence-electron chi connectivity index (χ4n) is 2.30. The van der Waals surface area contributed by atoms with Gasteiger partial charge >= 0.3 is 0 Å². The molecule has 0 saturated carbocycles. The van der Waals surface area contributed by atoms with Crippen molar-refractivity contribution in [2.45, 2.75) is 25.8 Å². The molecule has 98 valence electrons. The minimum absolute atomic E-state index is 0.331. The summed E-state index contributed by atoms with van der Waals surface area (Å²) in [6.45, 7) is 3.89. The summed E-state index contributed by atoms with van der Waals surface area (Å²) >= 11 is 5.01. The van der Waals surface area contributed by atoms with Gasteiger partial charge in [0.1, 0.15) is 10.7 Å². The van der Waals surface area contributed by atoms with Gasteiger partial charge in [0, 0.05) is 25.5 Å². The van der Waals surface area contributed by atoms with Crippen LogP contribution in [0.4, 0.5) is 5.69 Å². The van der Waals surface area contributed by atoms with Crippen LogP contribution in [0.1, 0.15) is 25.5 Å². The van der Waals surface area contributed by atoms with Crippen molar-refractivity contribution in [3.05, 3.63) is 24.0 Å². The lowest BCUT2D eigenvalue weighted by Gasteiger charge is -2.29. The number of ether oxygens (including phenoxy) is 1. The molecule has 4 nitrogen and oxygen atoms in total. The molecule has 1 saturated heterocycles. The van der Waals surface area contributed by atoms with E-state index in [0.29, 0.717) is 22.6 Å². The molecule has 1 aliphatic heterocycles. The first-order chi connectivity index (χ1) is 8.68. The highest BCUT2D eigenvalue weighted by atomic mass is 32.1. The molecule has 1 fully saturated rings. The molecule has 1 aromatic rings. The maximum absolute atomic E-state index is 5.68. The number of nitrogens with zero attached hydrogens (tertiary/aromatic N) is 1. The van der Waals surface area contributed by atoms with Crippen molar-refractivity contribution in [2.24, 2.45) is 11.7 Å². The van der Waals surface area contributed by atoms with Gasteiger partial charge in [-0.15, -0.1) is 0 Å². The van der Waals surface area contributed by atoms with Gasteiger partial charge in [-0.3, -0.25) is 4.98 Å². The Morgan fingerprint density at radius 1 is 1.56 bits per heavy atom. The van der Waals surface area contributed by atoms with E-state index in [0.717, 1.165) is 31.7 Å². The summed E-state index contributed by atoms with van der Waals surface area (Å²) in [5, 5.41) is 3.48. The van der Waals surface area contributed by atoms with Crippen LogP contribution in [-0.4, -0.2) is 29.2 Å². The Hall–Kier alpha value is -1.20. The Labute approximate surface area is 113 Å². The van der Waals surface area contributed by atoms with Crippen LogP contribution in [0.2, 0.25) is 0 Å². The number of nitrogens with two attached hydrogens (primary N) is 1. The van der Waals surface area contributed by atoms with Gasteiger partial charge in [-0.1, -0.05) is 12.2 Å². The van der Waals surface area contributed by atoms with Crippen LogP contribution >= 0.6 is 12.2 Å². The summed E-state index contributed by atoms with van der Waals surface area (Å²) in [6.07, 6.45) is 3.90. The van der Waals surface area contributed by atoms with Crippen molar-refractivity contribution in [3.8, 4) is 0 Å². The van der Waals surface area contributed by atoms with Gasteiger partial charge < -0.3 is 15.8 Å². The summed E-state index contributed by atoms with van der Waals surface area (Å²) < 4.78 is 5.38. The highest BCUT2D eigenvalue weighted by Gasteiger charge is 2.21. The van der Waals surface area contributed by atoms with Crippen LogP contribution in [0, 0.1) is 5.92 Å². The Morgan fingerprint density at radius 2 is 2.28 bits per heavy atom. The molecule has 1 aromatic heterocycles. The number of pyridine rings is 1. The fraction of sp³-hybridized carbons (Fsp3) is 0.538. The molecule has 0 amide bonds. The molecule has 1 unspecified atom stereocenters. The van der Waals surface area contributed by atoms with E-state index >= 15 is 0 Å². The zero-order valence-corrected chi connectivity index (χ0v) is 11.4. The van der Waals surface area contributed by atoms with Crippen LogP contribution in [0.3, 0.4) is 0 Å². The minimum atomic E-state index is 0.331. The van der Waals surface area contributed by atoms with E-state index in [9.17, 15) is 0 Å². The van der Waals surface area contributed by atoms with E-state index in [-0.39, 0.29) is 0 Å².